The predicted molar refractivity (Wildman–Crippen MR) is 79.1 cm³/mol. The number of hydrogen-bond acceptors (Lipinski definition) is 4. The van der Waals surface area contributed by atoms with Gasteiger partial charge in [-0.3, -0.25) is 9.69 Å². The molecule has 2 saturated heterocycles. The number of amides is 1. The molecule has 6 heteroatoms. The Balaban J connectivity index is 1.51. The van der Waals surface area contributed by atoms with Crippen LogP contribution in [0.2, 0.25) is 0 Å². The Morgan fingerprint density at radius 2 is 1.91 bits per heavy atom. The maximum atomic E-state index is 12.8. The third-order valence-corrected chi connectivity index (χ3v) is 4.40. The molecule has 0 bridgehead atoms. The summed E-state index contributed by atoms with van der Waals surface area (Å²) in [5.74, 6) is -0.0227. The Hall–Kier alpha value is -1.66. The van der Waals surface area contributed by atoms with Crippen molar-refractivity contribution in [3.8, 4) is 5.75 Å². The molecule has 1 aromatic rings. The Kier molecular flexibility index (Phi) is 4.59. The van der Waals surface area contributed by atoms with Crippen LogP contribution < -0.4 is 4.74 Å². The first-order chi connectivity index (χ1) is 10.6. The van der Waals surface area contributed by atoms with Crippen molar-refractivity contribution in [3.63, 3.8) is 0 Å². The van der Waals surface area contributed by atoms with E-state index in [4.69, 9.17) is 4.74 Å². The van der Waals surface area contributed by atoms with E-state index in [0.717, 1.165) is 25.9 Å². The van der Waals surface area contributed by atoms with E-state index in [1.807, 2.05) is 0 Å². The Labute approximate surface area is 129 Å². The van der Waals surface area contributed by atoms with Crippen LogP contribution >= 0.6 is 0 Å². The molecule has 1 amide bonds. The van der Waals surface area contributed by atoms with Gasteiger partial charge in [0, 0.05) is 13.1 Å². The number of β-amino-alcohol motifs (C(OH)–C–C–N with tert-alkyl or cyclic N) is 1. The van der Waals surface area contributed by atoms with Crippen molar-refractivity contribution in [2.45, 2.75) is 25.0 Å². The van der Waals surface area contributed by atoms with Crippen molar-refractivity contribution in [1.82, 2.24) is 9.80 Å². The van der Waals surface area contributed by atoms with Gasteiger partial charge >= 0.3 is 0 Å². The van der Waals surface area contributed by atoms with Gasteiger partial charge in [0.15, 0.2) is 6.61 Å². The van der Waals surface area contributed by atoms with E-state index in [9.17, 15) is 14.3 Å². The lowest BCUT2D eigenvalue weighted by Gasteiger charge is -2.25. The Bertz CT molecular complexity index is 517. The maximum Gasteiger partial charge on any atom is 0.260 e. The van der Waals surface area contributed by atoms with Gasteiger partial charge in [0.25, 0.3) is 5.91 Å². The smallest absolute Gasteiger partial charge is 0.260 e. The number of hydrogen-bond donors (Lipinski definition) is 1. The molecule has 0 spiro atoms. The highest BCUT2D eigenvalue weighted by atomic mass is 19.1. The molecule has 0 radical (unpaired) electrons. The monoisotopic (exact) mass is 308 g/mol. The van der Waals surface area contributed by atoms with Crippen LogP contribution in [0.4, 0.5) is 4.39 Å². The first kappa shape index (κ1) is 15.2. The zero-order chi connectivity index (χ0) is 15.5. The van der Waals surface area contributed by atoms with E-state index < -0.39 is 6.10 Å². The van der Waals surface area contributed by atoms with Crippen LogP contribution in [0.3, 0.4) is 0 Å². The molecule has 22 heavy (non-hydrogen) atoms. The lowest BCUT2D eigenvalue weighted by atomic mass is 10.2. The number of nitrogens with zero attached hydrogens (tertiary/aromatic N) is 2. The van der Waals surface area contributed by atoms with Crippen LogP contribution in [-0.4, -0.2) is 65.7 Å². The molecule has 120 valence electrons. The number of likely N-dealkylation sites (tertiary alicyclic amines) is 2. The fourth-order valence-corrected chi connectivity index (χ4v) is 3.17. The highest BCUT2D eigenvalue weighted by Crippen LogP contribution is 2.21. The van der Waals surface area contributed by atoms with Crippen molar-refractivity contribution >= 4 is 5.91 Å². The third-order valence-electron chi connectivity index (χ3n) is 4.40. The average Bonchev–Trinajstić information content (AvgIpc) is 3.15. The summed E-state index contributed by atoms with van der Waals surface area (Å²) in [5, 5.41) is 10.2. The average molecular weight is 308 g/mol. The van der Waals surface area contributed by atoms with Crippen LogP contribution in [0.15, 0.2) is 24.3 Å². The fraction of sp³-hybridized carbons (Fsp3) is 0.562. The third kappa shape index (κ3) is 3.39. The molecule has 2 aliphatic heterocycles. The van der Waals surface area contributed by atoms with Crippen molar-refractivity contribution in [1.29, 1.82) is 0 Å². The molecule has 1 aromatic carbocycles. The Morgan fingerprint density at radius 3 is 2.59 bits per heavy atom. The van der Waals surface area contributed by atoms with Gasteiger partial charge < -0.3 is 14.7 Å². The summed E-state index contributed by atoms with van der Waals surface area (Å²) in [7, 11) is 0. The minimum atomic E-state index is -0.493. The summed E-state index contributed by atoms with van der Waals surface area (Å²) in [6, 6.07) is 5.62. The highest BCUT2D eigenvalue weighted by molar-refractivity contribution is 5.78. The minimum Gasteiger partial charge on any atom is -0.484 e. The first-order valence-corrected chi connectivity index (χ1v) is 7.72. The molecular weight excluding hydrogens is 287 g/mol. The van der Waals surface area contributed by atoms with Gasteiger partial charge in [-0.05, 0) is 50.2 Å². The summed E-state index contributed by atoms with van der Waals surface area (Å²) in [5.41, 5.74) is 0. The number of aliphatic hydroxyl groups is 1. The number of carbonyl (C=O) groups is 1. The summed E-state index contributed by atoms with van der Waals surface area (Å²) in [4.78, 5) is 16.1. The second-order valence-corrected chi connectivity index (χ2v) is 5.92. The van der Waals surface area contributed by atoms with E-state index in [2.05, 4.69) is 4.90 Å². The molecule has 2 fully saturated rings. The minimum absolute atomic E-state index is 0.0391. The SMILES string of the molecule is O=C(COc1ccc(F)cc1)N1C[C@@H](O)[C@H](N2CCCC2)C1. The number of aliphatic hydroxyl groups excluding tert-OH is 1. The summed E-state index contributed by atoms with van der Waals surface area (Å²) in [6.07, 6.45) is 1.82. The second-order valence-electron chi connectivity index (χ2n) is 5.92. The largest absolute Gasteiger partial charge is 0.484 e. The molecule has 0 aliphatic carbocycles. The normalized spacial score (nSPS) is 25.6. The van der Waals surface area contributed by atoms with Gasteiger partial charge in [0.05, 0.1) is 12.1 Å². The van der Waals surface area contributed by atoms with Crippen molar-refractivity contribution in [2.75, 3.05) is 32.8 Å². The van der Waals surface area contributed by atoms with Gasteiger partial charge in [-0.1, -0.05) is 0 Å². The van der Waals surface area contributed by atoms with Crippen LogP contribution in [0, 0.1) is 5.82 Å². The van der Waals surface area contributed by atoms with Gasteiger partial charge in [-0.2, -0.15) is 0 Å². The highest BCUT2D eigenvalue weighted by Gasteiger charge is 2.38. The number of halogens is 1. The molecule has 1 N–H and O–H groups in total. The zero-order valence-corrected chi connectivity index (χ0v) is 12.4. The lowest BCUT2D eigenvalue weighted by molar-refractivity contribution is -0.132. The van der Waals surface area contributed by atoms with Gasteiger partial charge in [0.2, 0.25) is 0 Å². The van der Waals surface area contributed by atoms with Crippen molar-refractivity contribution < 1.29 is 19.0 Å². The summed E-state index contributed by atoms with van der Waals surface area (Å²) >= 11 is 0. The van der Waals surface area contributed by atoms with Crippen molar-refractivity contribution in [2.24, 2.45) is 0 Å². The molecule has 3 rings (SSSR count). The van der Waals surface area contributed by atoms with Crippen LogP contribution in [0.5, 0.6) is 5.75 Å². The quantitative estimate of drug-likeness (QED) is 0.897. The van der Waals surface area contributed by atoms with Gasteiger partial charge in [0.1, 0.15) is 11.6 Å². The number of benzene rings is 1. The summed E-state index contributed by atoms with van der Waals surface area (Å²) < 4.78 is 18.2. The molecule has 0 saturated carbocycles. The zero-order valence-electron chi connectivity index (χ0n) is 12.4. The molecule has 0 unspecified atom stereocenters. The van der Waals surface area contributed by atoms with Crippen LogP contribution in [-0.2, 0) is 4.79 Å². The van der Waals surface area contributed by atoms with Crippen molar-refractivity contribution in [3.05, 3.63) is 30.1 Å². The molecule has 0 aromatic heterocycles. The topological polar surface area (TPSA) is 53.0 Å². The molecule has 5 nitrogen and oxygen atoms in total. The van der Waals surface area contributed by atoms with E-state index in [1.54, 1.807) is 4.90 Å². The lowest BCUT2D eigenvalue weighted by Crippen LogP contribution is -2.41. The van der Waals surface area contributed by atoms with E-state index in [1.165, 1.54) is 24.3 Å². The standard InChI is InChI=1S/C16H21FN2O3/c17-12-3-5-13(6-4-12)22-11-16(21)19-9-14(15(20)10-19)18-7-1-2-8-18/h3-6,14-15,20H,1-2,7-11H2/t14-,15-/m1/s1. The predicted octanol–water partition coefficient (Wildman–Crippen LogP) is 0.872. The molecular formula is C16H21FN2O3. The van der Waals surface area contributed by atoms with E-state index in [-0.39, 0.29) is 24.4 Å². The van der Waals surface area contributed by atoms with Crippen LogP contribution in [0.1, 0.15) is 12.8 Å². The van der Waals surface area contributed by atoms with Gasteiger partial charge in [-0.15, -0.1) is 0 Å². The molecule has 2 aliphatic rings. The first-order valence-electron chi connectivity index (χ1n) is 7.72. The van der Waals surface area contributed by atoms with Gasteiger partial charge in [-0.25, -0.2) is 4.39 Å². The number of ether oxygens (including phenoxy) is 1. The Morgan fingerprint density at radius 1 is 1.23 bits per heavy atom. The number of rotatable bonds is 4. The summed E-state index contributed by atoms with van der Waals surface area (Å²) in [6.45, 7) is 2.80. The van der Waals surface area contributed by atoms with E-state index in [0.29, 0.717) is 18.8 Å². The van der Waals surface area contributed by atoms with E-state index >= 15 is 0 Å². The number of carbonyl (C=O) groups excluding carboxylic acids is 1. The maximum absolute atomic E-state index is 12.8. The molecule has 2 heterocycles. The fourth-order valence-electron chi connectivity index (χ4n) is 3.17. The second kappa shape index (κ2) is 6.62. The molecule has 2 atom stereocenters. The van der Waals surface area contributed by atoms with Crippen LogP contribution in [0.25, 0.3) is 0 Å².